The maximum absolute atomic E-state index is 12.8. The van der Waals surface area contributed by atoms with Crippen molar-refractivity contribution in [3.8, 4) is 0 Å². The van der Waals surface area contributed by atoms with Crippen LogP contribution in [0.1, 0.15) is 44.6 Å². The molecule has 2 atom stereocenters. The molecule has 1 aromatic heterocycles. The molecule has 0 saturated carbocycles. The molecule has 1 aromatic rings. The topological polar surface area (TPSA) is 116 Å². The Morgan fingerprint density at radius 1 is 0.935 bits per heavy atom. The van der Waals surface area contributed by atoms with Gasteiger partial charge in [0.1, 0.15) is 10.6 Å². The molecule has 10 nitrogen and oxygen atoms in total. The largest absolute Gasteiger partial charge is 0.360 e. The number of hydrogen-bond acceptors (Lipinski definition) is 7. The fourth-order valence-corrected chi connectivity index (χ4v) is 5.86. The highest BCUT2D eigenvalue weighted by Gasteiger charge is 2.33. The Morgan fingerprint density at radius 3 is 2.06 bits per heavy atom. The molecule has 1 N–H and O–H groups in total. The molecule has 0 unspecified atom stereocenters. The second-order valence-corrected chi connectivity index (χ2v) is 10.1. The maximum Gasteiger partial charge on any atom is 0.246 e. The van der Waals surface area contributed by atoms with Crippen LogP contribution in [0.15, 0.2) is 9.42 Å². The van der Waals surface area contributed by atoms with E-state index in [-0.39, 0.29) is 34.2 Å². The van der Waals surface area contributed by atoms with Crippen LogP contribution >= 0.6 is 0 Å². The zero-order chi connectivity index (χ0) is 22.8. The number of amides is 2. The molecular weight excluding hydrogens is 422 g/mol. The molecule has 0 radical (unpaired) electrons. The van der Waals surface area contributed by atoms with E-state index in [1.807, 2.05) is 11.8 Å². The molecule has 2 aliphatic heterocycles. The molecule has 2 aliphatic rings. The third-order valence-electron chi connectivity index (χ3n) is 6.14. The van der Waals surface area contributed by atoms with Crippen molar-refractivity contribution in [1.82, 2.24) is 24.6 Å². The van der Waals surface area contributed by atoms with Gasteiger partial charge in [0.25, 0.3) is 0 Å². The summed E-state index contributed by atoms with van der Waals surface area (Å²) in [6, 6.07) is -1.14. The van der Waals surface area contributed by atoms with Crippen molar-refractivity contribution in [2.45, 2.75) is 63.9 Å². The molecule has 11 heteroatoms. The minimum absolute atomic E-state index is 0.0259. The van der Waals surface area contributed by atoms with E-state index in [1.54, 1.807) is 11.8 Å². The Hall–Kier alpha value is -1.98. The number of carbonyl (C=O) groups excluding carboxylic acids is 2. The molecule has 0 bridgehead atoms. The second kappa shape index (κ2) is 9.66. The number of likely N-dealkylation sites (tertiary alicyclic amines) is 1. The average molecular weight is 456 g/mol. The van der Waals surface area contributed by atoms with E-state index in [0.29, 0.717) is 26.2 Å². The van der Waals surface area contributed by atoms with Gasteiger partial charge in [0.2, 0.25) is 21.8 Å². The van der Waals surface area contributed by atoms with Crippen molar-refractivity contribution in [2.24, 2.45) is 0 Å². The van der Waals surface area contributed by atoms with Crippen LogP contribution in [0.2, 0.25) is 0 Å². The monoisotopic (exact) mass is 455 g/mol. The van der Waals surface area contributed by atoms with Crippen LogP contribution in [0, 0.1) is 13.8 Å². The fourth-order valence-electron chi connectivity index (χ4n) is 4.34. The van der Waals surface area contributed by atoms with Gasteiger partial charge < -0.3 is 14.3 Å². The Morgan fingerprint density at radius 2 is 1.52 bits per heavy atom. The second-order valence-electron chi connectivity index (χ2n) is 8.42. The van der Waals surface area contributed by atoms with Crippen LogP contribution in [-0.2, 0) is 19.6 Å². The van der Waals surface area contributed by atoms with E-state index in [2.05, 4.69) is 14.8 Å². The van der Waals surface area contributed by atoms with Crippen LogP contribution in [0.25, 0.3) is 0 Å². The summed E-state index contributed by atoms with van der Waals surface area (Å²) in [5, 5.41) is 3.67. The summed E-state index contributed by atoms with van der Waals surface area (Å²) >= 11 is 0. The molecule has 31 heavy (non-hydrogen) atoms. The number of hydrogen-bond donors (Lipinski definition) is 1. The Bertz CT molecular complexity index is 882. The maximum atomic E-state index is 12.8. The van der Waals surface area contributed by atoms with Crippen molar-refractivity contribution in [3.63, 3.8) is 0 Å². The number of piperidine rings is 1. The van der Waals surface area contributed by atoms with Crippen LogP contribution in [-0.4, -0.2) is 91.4 Å². The molecule has 3 heterocycles. The lowest BCUT2D eigenvalue weighted by Crippen LogP contribution is -2.58. The minimum atomic E-state index is -3.92. The zero-order valence-corrected chi connectivity index (χ0v) is 19.6. The summed E-state index contributed by atoms with van der Waals surface area (Å²) in [5.74, 6) is 0.0516. The Labute approximate surface area is 184 Å². The van der Waals surface area contributed by atoms with Crippen molar-refractivity contribution in [1.29, 1.82) is 0 Å². The van der Waals surface area contributed by atoms with E-state index in [4.69, 9.17) is 4.52 Å². The van der Waals surface area contributed by atoms with Gasteiger partial charge in [-0.1, -0.05) is 5.16 Å². The molecule has 0 aromatic carbocycles. The number of piperazine rings is 1. The lowest BCUT2D eigenvalue weighted by atomic mass is 10.1. The van der Waals surface area contributed by atoms with Gasteiger partial charge >= 0.3 is 0 Å². The molecule has 0 spiro atoms. The quantitative estimate of drug-likeness (QED) is 0.664. The van der Waals surface area contributed by atoms with Gasteiger partial charge in [-0.05, 0) is 47.0 Å². The first kappa shape index (κ1) is 23.7. The zero-order valence-electron chi connectivity index (χ0n) is 18.8. The van der Waals surface area contributed by atoms with Gasteiger partial charge in [-0.2, -0.15) is 4.72 Å². The predicted octanol–water partition coefficient (Wildman–Crippen LogP) is 0.503. The number of nitrogens with one attached hydrogen (secondary N) is 1. The average Bonchev–Trinajstić information content (AvgIpc) is 3.11. The van der Waals surface area contributed by atoms with Gasteiger partial charge in [0.15, 0.2) is 5.76 Å². The summed E-state index contributed by atoms with van der Waals surface area (Å²) < 4.78 is 32.7. The molecule has 174 valence electrons. The first-order valence-electron chi connectivity index (χ1n) is 10.9. The van der Waals surface area contributed by atoms with Gasteiger partial charge in [-0.3, -0.25) is 14.5 Å². The molecule has 3 rings (SSSR count). The molecule has 2 saturated heterocycles. The van der Waals surface area contributed by atoms with Crippen molar-refractivity contribution >= 4 is 21.8 Å². The first-order chi connectivity index (χ1) is 14.6. The van der Waals surface area contributed by atoms with Crippen molar-refractivity contribution in [3.05, 3.63) is 11.5 Å². The minimum Gasteiger partial charge on any atom is -0.360 e. The normalized spacial score (nSPS) is 20.5. The summed E-state index contributed by atoms with van der Waals surface area (Å²) in [6.45, 7) is 10.2. The summed E-state index contributed by atoms with van der Waals surface area (Å²) in [7, 11) is -3.92. The number of aromatic nitrogens is 1. The number of rotatable bonds is 6. The summed E-state index contributed by atoms with van der Waals surface area (Å²) in [5.41, 5.74) is 0.255. The van der Waals surface area contributed by atoms with Gasteiger partial charge in [0, 0.05) is 39.3 Å². The predicted molar refractivity (Wildman–Crippen MR) is 114 cm³/mol. The lowest BCUT2D eigenvalue weighted by Gasteiger charge is -2.40. The van der Waals surface area contributed by atoms with Crippen LogP contribution < -0.4 is 4.72 Å². The SMILES string of the molecule is Cc1noc(C)c1S(=O)(=O)N[C@@H](C)C(=O)N1CCN([C@H](C)C(=O)N2CCCCC2)CC1. The first-order valence-corrected chi connectivity index (χ1v) is 12.4. The Kier molecular flexibility index (Phi) is 7.38. The van der Waals surface area contributed by atoms with Gasteiger partial charge in [-0.25, -0.2) is 8.42 Å². The highest BCUT2D eigenvalue weighted by atomic mass is 32.2. The van der Waals surface area contributed by atoms with Crippen LogP contribution in [0.5, 0.6) is 0 Å². The van der Waals surface area contributed by atoms with Crippen LogP contribution in [0.3, 0.4) is 0 Å². The van der Waals surface area contributed by atoms with Crippen molar-refractivity contribution in [2.75, 3.05) is 39.3 Å². The summed E-state index contributed by atoms with van der Waals surface area (Å²) in [4.78, 5) is 31.3. The third kappa shape index (κ3) is 5.27. The smallest absolute Gasteiger partial charge is 0.246 e. The lowest BCUT2D eigenvalue weighted by molar-refractivity contribution is -0.139. The molecule has 2 amide bonds. The van der Waals surface area contributed by atoms with Gasteiger partial charge in [0.05, 0.1) is 12.1 Å². The number of nitrogens with zero attached hydrogens (tertiary/aromatic N) is 4. The van der Waals surface area contributed by atoms with Crippen LogP contribution in [0.4, 0.5) is 0 Å². The van der Waals surface area contributed by atoms with Gasteiger partial charge in [-0.15, -0.1) is 0 Å². The standard InChI is InChI=1S/C20H33N5O5S/c1-14-18(17(4)30-21-14)31(28,29)22-15(2)19(26)25-12-10-23(11-13-25)16(3)20(27)24-8-6-5-7-9-24/h15-16,22H,5-13H2,1-4H3/t15-,16+/m0/s1. The highest BCUT2D eigenvalue weighted by molar-refractivity contribution is 7.89. The molecular formula is C20H33N5O5S. The van der Waals surface area contributed by atoms with E-state index < -0.39 is 16.1 Å². The van der Waals surface area contributed by atoms with E-state index in [1.165, 1.54) is 20.3 Å². The van der Waals surface area contributed by atoms with E-state index >= 15 is 0 Å². The Balaban J connectivity index is 1.54. The number of carbonyl (C=O) groups is 2. The fraction of sp³-hybridized carbons (Fsp3) is 0.750. The third-order valence-corrected chi connectivity index (χ3v) is 7.92. The van der Waals surface area contributed by atoms with E-state index in [9.17, 15) is 18.0 Å². The summed E-state index contributed by atoms with van der Waals surface area (Å²) in [6.07, 6.45) is 3.29. The number of aryl methyl sites for hydroxylation is 2. The number of sulfonamides is 1. The van der Waals surface area contributed by atoms with E-state index in [0.717, 1.165) is 25.9 Å². The molecule has 0 aliphatic carbocycles. The molecule has 2 fully saturated rings. The highest BCUT2D eigenvalue weighted by Crippen LogP contribution is 2.19. The van der Waals surface area contributed by atoms with Crippen molar-refractivity contribution < 1.29 is 22.5 Å².